The second-order valence-corrected chi connectivity index (χ2v) is 10.5. The van der Waals surface area contributed by atoms with Crippen LogP contribution in [0.25, 0.3) is 22.2 Å². The molecule has 2 aliphatic rings. The van der Waals surface area contributed by atoms with Crippen LogP contribution in [0.4, 0.5) is 5.69 Å². The van der Waals surface area contributed by atoms with Crippen molar-refractivity contribution in [3.8, 4) is 11.3 Å². The Bertz CT molecular complexity index is 1770. The lowest BCUT2D eigenvalue weighted by Gasteiger charge is -2.34. The fourth-order valence-electron chi connectivity index (χ4n) is 5.75. The zero-order chi connectivity index (χ0) is 26.8. The van der Waals surface area contributed by atoms with Gasteiger partial charge in [0.15, 0.2) is 5.69 Å². The number of aromatic nitrogens is 6. The Labute approximate surface area is 228 Å². The van der Waals surface area contributed by atoms with Crippen LogP contribution in [0.2, 0.25) is 5.15 Å². The molecule has 39 heavy (non-hydrogen) atoms. The molecule has 10 nitrogen and oxygen atoms in total. The van der Waals surface area contributed by atoms with Gasteiger partial charge in [0.2, 0.25) is 5.91 Å². The van der Waals surface area contributed by atoms with Gasteiger partial charge in [0, 0.05) is 49.3 Å². The van der Waals surface area contributed by atoms with Crippen molar-refractivity contribution >= 4 is 40.0 Å². The summed E-state index contributed by atoms with van der Waals surface area (Å²) in [4.78, 5) is 35.2. The number of fused-ring (bicyclic) bond motifs is 1. The third-order valence-electron chi connectivity index (χ3n) is 7.80. The van der Waals surface area contributed by atoms with Gasteiger partial charge >= 0.3 is 0 Å². The quantitative estimate of drug-likeness (QED) is 0.376. The summed E-state index contributed by atoms with van der Waals surface area (Å²) >= 11 is 6.67. The fraction of sp³-hybridized carbons (Fsp3) is 0.250. The molecular formula is C28H25ClN8O2. The molecule has 1 atom stereocenters. The Morgan fingerprint density at radius 2 is 1.95 bits per heavy atom. The molecule has 0 aliphatic carbocycles. The lowest BCUT2D eigenvalue weighted by molar-refractivity contribution is -0.122. The molecular weight excluding hydrogens is 516 g/mol. The second kappa shape index (κ2) is 8.81. The van der Waals surface area contributed by atoms with Crippen LogP contribution in [0.5, 0.6) is 0 Å². The number of likely N-dealkylation sites (N-methyl/N-ethyl adjacent to an activating group) is 1. The Kier molecular flexibility index (Phi) is 5.34. The summed E-state index contributed by atoms with van der Waals surface area (Å²) in [5, 5.41) is 13.6. The standard InChI is InChI=1S/C28H25ClN8O2/c1-34-15-30-13-23(34)17-10-19-24-20(32-31-19)12-22(27(38)35(2)21(24)11-17)36-9-8-18-25(28(36)39)33-37(26(18)29)14-16-6-4-3-5-7-16/h3-7,10-11,13,15,22H,8-9,12,14H2,1-2H3,(H,31,32)/t22-/m0/s1. The number of H-pyrrole nitrogens is 1. The molecule has 0 unspecified atom stereocenters. The number of anilines is 1. The van der Waals surface area contributed by atoms with Crippen LogP contribution in [0.1, 0.15) is 27.3 Å². The summed E-state index contributed by atoms with van der Waals surface area (Å²) < 4.78 is 3.59. The van der Waals surface area contributed by atoms with E-state index in [0.717, 1.165) is 44.7 Å². The Morgan fingerprint density at radius 1 is 1.13 bits per heavy atom. The third-order valence-corrected chi connectivity index (χ3v) is 8.22. The number of benzene rings is 2. The predicted molar refractivity (Wildman–Crippen MR) is 147 cm³/mol. The minimum absolute atomic E-state index is 0.158. The maximum absolute atomic E-state index is 13.9. The molecule has 1 N–H and O–H groups in total. The van der Waals surface area contributed by atoms with Gasteiger partial charge in [-0.15, -0.1) is 0 Å². The molecule has 0 radical (unpaired) electrons. The van der Waals surface area contributed by atoms with Crippen LogP contribution >= 0.6 is 11.6 Å². The first-order valence-corrected chi connectivity index (χ1v) is 13.1. The van der Waals surface area contributed by atoms with Gasteiger partial charge in [0.25, 0.3) is 5.91 Å². The second-order valence-electron chi connectivity index (χ2n) is 10.1. The van der Waals surface area contributed by atoms with Crippen LogP contribution in [-0.4, -0.2) is 65.9 Å². The molecule has 2 aliphatic heterocycles. The van der Waals surface area contributed by atoms with Gasteiger partial charge in [0.05, 0.1) is 36.0 Å². The molecule has 0 saturated heterocycles. The number of nitrogens with one attached hydrogen (secondary N) is 1. The van der Waals surface area contributed by atoms with Crippen LogP contribution in [0.3, 0.4) is 0 Å². The highest BCUT2D eigenvalue weighted by Crippen LogP contribution is 2.38. The lowest BCUT2D eigenvalue weighted by atomic mass is 10.0. The van der Waals surface area contributed by atoms with E-state index in [-0.39, 0.29) is 11.8 Å². The molecule has 5 aromatic rings. The number of rotatable bonds is 4. The monoisotopic (exact) mass is 540 g/mol. The first kappa shape index (κ1) is 23.7. The van der Waals surface area contributed by atoms with Gasteiger partial charge in [-0.2, -0.15) is 10.2 Å². The maximum Gasteiger partial charge on any atom is 0.275 e. The van der Waals surface area contributed by atoms with Crippen molar-refractivity contribution in [1.29, 1.82) is 0 Å². The highest BCUT2D eigenvalue weighted by molar-refractivity contribution is 6.31. The van der Waals surface area contributed by atoms with Crippen molar-refractivity contribution in [3.63, 3.8) is 0 Å². The molecule has 11 heteroatoms. The van der Waals surface area contributed by atoms with E-state index >= 15 is 0 Å². The van der Waals surface area contributed by atoms with Crippen molar-refractivity contribution in [1.82, 2.24) is 34.4 Å². The highest BCUT2D eigenvalue weighted by Gasteiger charge is 2.41. The van der Waals surface area contributed by atoms with Crippen molar-refractivity contribution in [3.05, 3.63) is 82.7 Å². The maximum atomic E-state index is 13.9. The summed E-state index contributed by atoms with van der Waals surface area (Å²) in [7, 11) is 3.68. The van der Waals surface area contributed by atoms with E-state index in [2.05, 4.69) is 20.3 Å². The Morgan fingerprint density at radius 3 is 2.72 bits per heavy atom. The molecule has 0 bridgehead atoms. The van der Waals surface area contributed by atoms with Crippen LogP contribution in [-0.2, 0) is 31.2 Å². The Balaban J connectivity index is 1.23. The Hall–Kier alpha value is -4.44. The smallest absolute Gasteiger partial charge is 0.275 e. The van der Waals surface area contributed by atoms with Gasteiger partial charge in [-0.1, -0.05) is 41.9 Å². The molecule has 0 spiro atoms. The van der Waals surface area contributed by atoms with E-state index < -0.39 is 6.04 Å². The number of aryl methyl sites for hydroxylation is 1. The number of halogens is 1. The molecule has 3 aromatic heterocycles. The van der Waals surface area contributed by atoms with Crippen LogP contribution in [0, 0.1) is 0 Å². The molecule has 5 heterocycles. The summed E-state index contributed by atoms with van der Waals surface area (Å²) in [6, 6.07) is 13.1. The van der Waals surface area contributed by atoms with Gasteiger partial charge in [-0.05, 0) is 24.1 Å². The molecule has 2 aromatic carbocycles. The van der Waals surface area contributed by atoms with E-state index in [0.29, 0.717) is 36.8 Å². The summed E-state index contributed by atoms with van der Waals surface area (Å²) in [6.45, 7) is 0.839. The summed E-state index contributed by atoms with van der Waals surface area (Å²) in [5.41, 5.74) is 6.25. The van der Waals surface area contributed by atoms with Crippen LogP contribution < -0.4 is 4.90 Å². The predicted octanol–water partition coefficient (Wildman–Crippen LogP) is 3.45. The highest BCUT2D eigenvalue weighted by atomic mass is 35.5. The molecule has 196 valence electrons. The molecule has 0 fully saturated rings. The van der Waals surface area contributed by atoms with E-state index in [1.165, 1.54) is 0 Å². The van der Waals surface area contributed by atoms with Crippen LogP contribution in [0.15, 0.2) is 55.0 Å². The minimum atomic E-state index is -0.704. The molecule has 7 rings (SSSR count). The number of amides is 2. The van der Waals surface area contributed by atoms with Crippen molar-refractivity contribution < 1.29 is 9.59 Å². The van der Waals surface area contributed by atoms with E-state index in [1.54, 1.807) is 34.1 Å². The third kappa shape index (κ3) is 3.66. The normalized spacial score (nSPS) is 17.2. The van der Waals surface area contributed by atoms with E-state index in [1.807, 2.05) is 54.1 Å². The minimum Gasteiger partial charge on any atom is -0.334 e. The zero-order valence-corrected chi connectivity index (χ0v) is 22.2. The van der Waals surface area contributed by atoms with E-state index in [9.17, 15) is 9.59 Å². The first-order chi connectivity index (χ1) is 18.9. The number of hydrogen-bond acceptors (Lipinski definition) is 5. The SMILES string of the molecule is CN1C(=O)[C@@H](N2CCc3c(nn(Cc4ccccc4)c3Cl)C2=O)Cc2[nH]nc3cc(-c4cncn4C)cc1c23. The molecule has 2 amide bonds. The average molecular weight is 541 g/mol. The zero-order valence-electron chi connectivity index (χ0n) is 21.4. The summed E-state index contributed by atoms with van der Waals surface area (Å²) in [6.07, 6.45) is 4.38. The van der Waals surface area contributed by atoms with Crippen molar-refractivity contribution in [2.45, 2.75) is 25.4 Å². The van der Waals surface area contributed by atoms with Gasteiger partial charge in [-0.25, -0.2) is 9.67 Å². The first-order valence-electron chi connectivity index (χ1n) is 12.8. The summed E-state index contributed by atoms with van der Waals surface area (Å²) in [5.74, 6) is -0.441. The van der Waals surface area contributed by atoms with Gasteiger partial charge < -0.3 is 14.4 Å². The average Bonchev–Trinajstić information content (AvgIpc) is 3.63. The number of aromatic amines is 1. The lowest BCUT2D eigenvalue weighted by Crippen LogP contribution is -2.53. The van der Waals surface area contributed by atoms with E-state index in [4.69, 9.17) is 11.6 Å². The van der Waals surface area contributed by atoms with Gasteiger partial charge in [-0.3, -0.25) is 14.7 Å². The topological polar surface area (TPSA) is 105 Å². The number of hydrogen-bond donors (Lipinski definition) is 1. The number of nitrogens with zero attached hydrogens (tertiary/aromatic N) is 7. The van der Waals surface area contributed by atoms with Crippen molar-refractivity contribution in [2.75, 3.05) is 18.5 Å². The molecule has 0 saturated carbocycles. The van der Waals surface area contributed by atoms with Gasteiger partial charge in [0.1, 0.15) is 11.2 Å². The van der Waals surface area contributed by atoms with Crippen molar-refractivity contribution in [2.24, 2.45) is 7.05 Å². The largest absolute Gasteiger partial charge is 0.334 e. The number of imidazole rings is 1. The number of carbonyl (C=O) groups is 2. The fourth-order valence-corrected chi connectivity index (χ4v) is 6.04. The number of carbonyl (C=O) groups excluding carboxylic acids is 2.